The molecule has 0 amide bonds. The van der Waals surface area contributed by atoms with Crippen LogP contribution in [-0.2, 0) is 5.51 Å². The molecule has 1 atom stereocenters. The molecule has 0 bridgehead atoms. The van der Waals surface area contributed by atoms with E-state index in [1.807, 2.05) is 0 Å². The van der Waals surface area contributed by atoms with Gasteiger partial charge in [-0.05, 0) is 12.1 Å². The highest BCUT2D eigenvalue weighted by Crippen LogP contribution is 2.53. The minimum Gasteiger partial charge on any atom is -0.147 e. The number of hydrogen-bond donors (Lipinski definition) is 0. The van der Waals surface area contributed by atoms with Crippen LogP contribution < -0.4 is 0 Å². The molecule has 1 aromatic heterocycles. The Balaban J connectivity index is 0.00000162. The lowest BCUT2D eigenvalue weighted by molar-refractivity contribution is -0.0868. The Morgan fingerprint density at radius 3 is 2.28 bits per heavy atom. The number of thiophene rings is 1. The van der Waals surface area contributed by atoms with Gasteiger partial charge in [0.2, 0.25) is 0 Å². The molecule has 0 radical (unpaired) electrons. The second-order valence-corrected chi connectivity index (χ2v) is 6.56. The fourth-order valence-electron chi connectivity index (χ4n) is 1.80. The van der Waals surface area contributed by atoms with Crippen LogP contribution in [0.4, 0.5) is 13.2 Å². The van der Waals surface area contributed by atoms with E-state index >= 15 is 0 Å². The first-order chi connectivity index (χ1) is 7.80. The van der Waals surface area contributed by atoms with Gasteiger partial charge in [-0.3, -0.25) is 0 Å². The summed E-state index contributed by atoms with van der Waals surface area (Å²) in [7, 11) is -1.82. The van der Waals surface area contributed by atoms with E-state index in [4.69, 9.17) is 11.6 Å². The summed E-state index contributed by atoms with van der Waals surface area (Å²) in [5, 5.41) is 0.989. The van der Waals surface area contributed by atoms with E-state index in [2.05, 4.69) is 0 Å². The summed E-state index contributed by atoms with van der Waals surface area (Å²) in [4.78, 5) is 0.440. The molecule has 18 heavy (non-hydrogen) atoms. The van der Waals surface area contributed by atoms with Crippen molar-refractivity contribution in [3.8, 4) is 0 Å². The van der Waals surface area contributed by atoms with E-state index in [0.717, 1.165) is 0 Å². The van der Waals surface area contributed by atoms with E-state index in [1.54, 1.807) is 32.0 Å². The molecule has 6 heteroatoms. The van der Waals surface area contributed by atoms with Crippen LogP contribution >= 0.6 is 34.5 Å². The number of fused-ring (bicyclic) bond motifs is 1. The molecule has 0 aliphatic carbocycles. The van der Waals surface area contributed by atoms with Gasteiger partial charge in [-0.1, -0.05) is 25.4 Å². The molecule has 0 spiro atoms. The van der Waals surface area contributed by atoms with Crippen molar-refractivity contribution in [3.63, 3.8) is 0 Å². The van der Waals surface area contributed by atoms with Gasteiger partial charge >= 0.3 is 5.51 Å². The fourth-order valence-corrected chi connectivity index (χ4v) is 4.14. The van der Waals surface area contributed by atoms with Crippen molar-refractivity contribution < 1.29 is 13.2 Å². The van der Waals surface area contributed by atoms with Crippen molar-refractivity contribution in [1.29, 1.82) is 0 Å². The predicted molar refractivity (Wildman–Crippen MR) is 74.1 cm³/mol. The Morgan fingerprint density at radius 2 is 1.78 bits per heavy atom. The van der Waals surface area contributed by atoms with Crippen LogP contribution in [0.1, 0.15) is 24.6 Å². The maximum Gasteiger partial charge on any atom is 0.600 e. The molecule has 0 N–H and O–H groups in total. The first-order valence-electron chi connectivity index (χ1n) is 5.13. The van der Waals surface area contributed by atoms with Crippen molar-refractivity contribution in [2.75, 3.05) is 0 Å². The van der Waals surface area contributed by atoms with Crippen LogP contribution in [0.25, 0.3) is 10.1 Å². The van der Waals surface area contributed by atoms with Gasteiger partial charge in [0.05, 0.1) is 10.5 Å². The molecule has 0 aliphatic heterocycles. The van der Waals surface area contributed by atoms with Gasteiger partial charge in [-0.25, -0.2) is 0 Å². The van der Waals surface area contributed by atoms with E-state index in [0.29, 0.717) is 20.0 Å². The summed E-state index contributed by atoms with van der Waals surface area (Å²) < 4.78 is 39.6. The topological polar surface area (TPSA) is 0 Å². The van der Waals surface area contributed by atoms with Gasteiger partial charge < -0.3 is 0 Å². The molecule has 1 aromatic carbocycles. The number of hydrogen-bond acceptors (Lipinski definition) is 0. The van der Waals surface area contributed by atoms with Crippen LogP contribution in [0.15, 0.2) is 24.3 Å². The average molecular weight is 316 g/mol. The predicted octanol–water partition coefficient (Wildman–Crippen LogP) is 6.26. The Bertz CT molecular complexity index is 558. The van der Waals surface area contributed by atoms with Crippen molar-refractivity contribution in [2.24, 2.45) is 0 Å². The second-order valence-electron chi connectivity index (χ2n) is 4.14. The largest absolute Gasteiger partial charge is 0.600 e. The number of halogens is 5. The summed E-state index contributed by atoms with van der Waals surface area (Å²) in [6.45, 7) is 3.57. The van der Waals surface area contributed by atoms with E-state index in [9.17, 15) is 13.2 Å². The van der Waals surface area contributed by atoms with Gasteiger partial charge in [-0.15, -0.1) is 25.6 Å². The average Bonchev–Trinajstić information content (AvgIpc) is 2.55. The summed E-state index contributed by atoms with van der Waals surface area (Å²) in [6.07, 6.45) is 0. The van der Waals surface area contributed by atoms with Crippen LogP contribution in [0.2, 0.25) is 5.02 Å². The molecule has 2 aromatic rings. The molecule has 100 valence electrons. The first-order valence-corrected chi connectivity index (χ1v) is 6.73. The van der Waals surface area contributed by atoms with Crippen LogP contribution in [-0.4, -0.2) is 0 Å². The van der Waals surface area contributed by atoms with Crippen LogP contribution in [0, 0.1) is 0 Å². The van der Waals surface area contributed by atoms with Crippen molar-refractivity contribution in [2.45, 2.75) is 25.3 Å². The molecule has 0 saturated heterocycles. The minimum atomic E-state index is -4.23. The lowest BCUT2D eigenvalue weighted by Gasteiger charge is -2.02. The molecule has 1 unspecified atom stereocenters. The van der Waals surface area contributed by atoms with Crippen LogP contribution in [0.5, 0.6) is 0 Å². The highest BCUT2D eigenvalue weighted by molar-refractivity contribution is 7.38. The molecule has 0 nitrogen and oxygen atoms in total. The Labute approximate surface area is 117 Å². The number of alkyl halides is 3. The third kappa shape index (κ3) is 2.76. The number of benzene rings is 1. The van der Waals surface area contributed by atoms with E-state index < -0.39 is 16.0 Å². The first kappa shape index (κ1) is 15.6. The summed E-state index contributed by atoms with van der Waals surface area (Å²) in [5.41, 5.74) is -4.23. The summed E-state index contributed by atoms with van der Waals surface area (Å²) in [5.74, 6) is -0.119. The van der Waals surface area contributed by atoms with E-state index in [1.165, 1.54) is 6.07 Å². The van der Waals surface area contributed by atoms with E-state index in [-0.39, 0.29) is 18.3 Å². The monoisotopic (exact) mass is 315 g/mol. The van der Waals surface area contributed by atoms with Gasteiger partial charge in [0.15, 0.2) is 9.58 Å². The van der Waals surface area contributed by atoms with Gasteiger partial charge in [0.25, 0.3) is 0 Å². The zero-order valence-electron chi connectivity index (χ0n) is 9.72. The van der Waals surface area contributed by atoms with Crippen molar-refractivity contribution in [1.82, 2.24) is 0 Å². The molecule has 0 saturated carbocycles. The molecule has 0 aliphatic rings. The van der Waals surface area contributed by atoms with Crippen molar-refractivity contribution >= 4 is 44.6 Å². The van der Waals surface area contributed by atoms with Crippen molar-refractivity contribution in [3.05, 3.63) is 34.2 Å². The number of rotatable bonds is 1. The summed E-state index contributed by atoms with van der Waals surface area (Å²) >= 11 is 5.78. The lowest BCUT2D eigenvalue weighted by Crippen LogP contribution is -1.99. The van der Waals surface area contributed by atoms with Gasteiger partial charge in [0, 0.05) is 28.5 Å². The maximum absolute atomic E-state index is 13.1. The zero-order valence-corrected chi connectivity index (χ0v) is 12.1. The highest BCUT2D eigenvalue weighted by Gasteiger charge is 2.48. The minimum absolute atomic E-state index is 0. The standard InChI is InChI=1S/C12H11ClF3S.ClH/c1-7(2)10-5-8-3-4-9(13)6-11(8)17(10)12(14,15)16;/h3-7H,1-2H3;1H/q+1;. The highest BCUT2D eigenvalue weighted by atomic mass is 35.5. The molecular formula is C12H12Cl2F3S+. The quantitative estimate of drug-likeness (QED) is 0.544. The lowest BCUT2D eigenvalue weighted by atomic mass is 10.1. The summed E-state index contributed by atoms with van der Waals surface area (Å²) in [6, 6.07) is 6.35. The second kappa shape index (κ2) is 5.27. The Hall–Kier alpha value is -0.450. The van der Waals surface area contributed by atoms with Gasteiger partial charge in [0.1, 0.15) is 0 Å². The Kier molecular flexibility index (Phi) is 4.57. The third-order valence-corrected chi connectivity index (χ3v) is 5.08. The van der Waals surface area contributed by atoms with Crippen LogP contribution in [0.3, 0.4) is 0 Å². The van der Waals surface area contributed by atoms with Gasteiger partial charge in [-0.2, -0.15) is 0 Å². The zero-order chi connectivity index (χ0) is 12.8. The SMILES string of the molecule is CC(C)c1cc2ccc(Cl)cc2[s+]1C(F)(F)F.Cl. The molecule has 2 rings (SSSR count). The smallest absolute Gasteiger partial charge is 0.147 e. The fraction of sp³-hybridized carbons (Fsp3) is 0.333. The normalized spacial score (nSPS) is 12.9. The molecule has 1 heterocycles. The Morgan fingerprint density at radius 1 is 1.17 bits per heavy atom. The third-order valence-electron chi connectivity index (χ3n) is 2.53. The maximum atomic E-state index is 13.1. The molecular weight excluding hydrogens is 304 g/mol. The molecule has 0 fully saturated rings.